The van der Waals surface area contributed by atoms with Crippen molar-refractivity contribution in [2.75, 3.05) is 26.7 Å². The van der Waals surface area contributed by atoms with Gasteiger partial charge in [-0.05, 0) is 24.8 Å². The van der Waals surface area contributed by atoms with Crippen molar-refractivity contribution in [2.24, 2.45) is 4.99 Å². The summed E-state index contributed by atoms with van der Waals surface area (Å²) in [5.74, 6) is 0.610. The molecule has 3 aliphatic heterocycles. The normalized spacial score (nSPS) is 26.0. The Kier molecular flexibility index (Phi) is 4.07. The summed E-state index contributed by atoms with van der Waals surface area (Å²) in [6.45, 7) is 2.62. The summed E-state index contributed by atoms with van der Waals surface area (Å²) in [5, 5.41) is 2.45. The molecule has 2 atom stereocenters. The standard InChI is InChI=1S/C18H23N5O2/c1-21-15-14(16(24)20-18(21)25)23(12-9-13-7-3-2-4-8-13)17(19-15)22-10-5-6-11-22/h2-4,7-8,14-15H,5-6,9-12H2,1H3,(H,20,24,25). The summed E-state index contributed by atoms with van der Waals surface area (Å²) < 4.78 is 0. The highest BCUT2D eigenvalue weighted by molar-refractivity contribution is 6.03. The topological polar surface area (TPSA) is 68.2 Å². The number of hydrogen-bond donors (Lipinski definition) is 1. The van der Waals surface area contributed by atoms with E-state index in [9.17, 15) is 9.59 Å². The molecule has 132 valence electrons. The number of rotatable bonds is 3. The second kappa shape index (κ2) is 6.38. The number of likely N-dealkylation sites (tertiary alicyclic amines) is 1. The van der Waals surface area contributed by atoms with Crippen molar-refractivity contribution < 1.29 is 9.59 Å². The molecule has 2 fully saturated rings. The fourth-order valence-electron chi connectivity index (χ4n) is 3.83. The van der Waals surface area contributed by atoms with E-state index in [2.05, 4.69) is 27.2 Å². The zero-order valence-electron chi connectivity index (χ0n) is 14.4. The second-order valence-electron chi connectivity index (χ2n) is 6.82. The van der Waals surface area contributed by atoms with Crippen LogP contribution in [0.2, 0.25) is 0 Å². The average Bonchev–Trinajstić information content (AvgIpc) is 3.26. The van der Waals surface area contributed by atoms with Gasteiger partial charge in [0.2, 0.25) is 0 Å². The van der Waals surface area contributed by atoms with Crippen LogP contribution < -0.4 is 5.32 Å². The van der Waals surface area contributed by atoms with Crippen molar-refractivity contribution in [3.8, 4) is 0 Å². The van der Waals surface area contributed by atoms with Gasteiger partial charge in [-0.2, -0.15) is 0 Å². The van der Waals surface area contributed by atoms with Gasteiger partial charge in [-0.1, -0.05) is 30.3 Å². The molecule has 3 heterocycles. The number of imide groups is 1. The number of aliphatic imine (C=N–C) groups is 1. The number of carbonyl (C=O) groups excluding carboxylic acids is 2. The number of benzene rings is 1. The Hall–Kier alpha value is -2.57. The number of nitrogens with one attached hydrogen (secondary N) is 1. The van der Waals surface area contributed by atoms with Crippen molar-refractivity contribution in [3.63, 3.8) is 0 Å². The molecule has 2 unspecified atom stereocenters. The molecule has 1 N–H and O–H groups in total. The molecule has 3 amide bonds. The van der Waals surface area contributed by atoms with E-state index >= 15 is 0 Å². The van der Waals surface area contributed by atoms with E-state index < -0.39 is 12.2 Å². The molecule has 2 saturated heterocycles. The van der Waals surface area contributed by atoms with Gasteiger partial charge in [-0.3, -0.25) is 10.1 Å². The highest BCUT2D eigenvalue weighted by Crippen LogP contribution is 2.27. The summed E-state index contributed by atoms with van der Waals surface area (Å²) in [7, 11) is 1.70. The Morgan fingerprint density at radius 2 is 1.88 bits per heavy atom. The first-order valence-corrected chi connectivity index (χ1v) is 8.86. The van der Waals surface area contributed by atoms with E-state index in [-0.39, 0.29) is 11.9 Å². The van der Waals surface area contributed by atoms with Gasteiger partial charge >= 0.3 is 6.03 Å². The van der Waals surface area contributed by atoms with Gasteiger partial charge in [0.05, 0.1) is 0 Å². The molecule has 7 nitrogen and oxygen atoms in total. The van der Waals surface area contributed by atoms with Crippen LogP contribution >= 0.6 is 0 Å². The van der Waals surface area contributed by atoms with Crippen LogP contribution in [-0.4, -0.2) is 71.5 Å². The Balaban J connectivity index is 1.60. The fraction of sp³-hybridized carbons (Fsp3) is 0.500. The van der Waals surface area contributed by atoms with Gasteiger partial charge in [0, 0.05) is 26.7 Å². The Morgan fingerprint density at radius 3 is 2.60 bits per heavy atom. The van der Waals surface area contributed by atoms with Crippen molar-refractivity contribution in [1.82, 2.24) is 20.0 Å². The molecular formula is C18H23N5O2. The molecule has 0 aromatic heterocycles. The predicted molar refractivity (Wildman–Crippen MR) is 94.0 cm³/mol. The maximum absolute atomic E-state index is 12.5. The van der Waals surface area contributed by atoms with Gasteiger partial charge in [0.25, 0.3) is 5.91 Å². The van der Waals surface area contributed by atoms with Gasteiger partial charge < -0.3 is 14.7 Å². The van der Waals surface area contributed by atoms with Crippen LogP contribution in [0.15, 0.2) is 35.3 Å². The molecule has 0 aliphatic carbocycles. The molecule has 0 saturated carbocycles. The minimum Gasteiger partial charge on any atom is -0.343 e. The molecule has 0 bridgehead atoms. The summed E-state index contributed by atoms with van der Waals surface area (Å²) in [4.78, 5) is 35.1. The van der Waals surface area contributed by atoms with E-state index in [1.165, 1.54) is 10.5 Å². The van der Waals surface area contributed by atoms with Crippen LogP contribution in [0, 0.1) is 0 Å². The average molecular weight is 341 g/mol. The molecule has 4 rings (SSSR count). The lowest BCUT2D eigenvalue weighted by atomic mass is 10.1. The van der Waals surface area contributed by atoms with Crippen LogP contribution in [0.4, 0.5) is 4.79 Å². The third-order valence-corrected chi connectivity index (χ3v) is 5.21. The van der Waals surface area contributed by atoms with Crippen LogP contribution in [0.25, 0.3) is 0 Å². The highest BCUT2D eigenvalue weighted by Gasteiger charge is 2.49. The van der Waals surface area contributed by atoms with E-state index in [4.69, 9.17) is 4.99 Å². The molecule has 25 heavy (non-hydrogen) atoms. The number of urea groups is 1. The number of likely N-dealkylation sites (N-methyl/N-ethyl adjacent to an activating group) is 1. The van der Waals surface area contributed by atoms with Crippen LogP contribution in [0.1, 0.15) is 18.4 Å². The molecule has 1 aromatic rings. The SMILES string of the molecule is CN1C(=O)NC(=O)C2C1N=C(N1CCCC1)N2CCc1ccccc1. The van der Waals surface area contributed by atoms with Crippen LogP contribution in [0.3, 0.4) is 0 Å². The molecule has 0 radical (unpaired) electrons. The largest absolute Gasteiger partial charge is 0.343 e. The monoisotopic (exact) mass is 341 g/mol. The number of nitrogens with zero attached hydrogens (tertiary/aromatic N) is 4. The number of guanidine groups is 1. The molecule has 3 aliphatic rings. The third kappa shape index (κ3) is 2.83. The van der Waals surface area contributed by atoms with Crippen molar-refractivity contribution in [3.05, 3.63) is 35.9 Å². The first kappa shape index (κ1) is 15.9. The summed E-state index contributed by atoms with van der Waals surface area (Å²) in [5.41, 5.74) is 1.23. The van der Waals surface area contributed by atoms with E-state index in [0.717, 1.165) is 38.3 Å². The quantitative estimate of drug-likeness (QED) is 0.886. The van der Waals surface area contributed by atoms with Crippen molar-refractivity contribution >= 4 is 17.9 Å². The molecular weight excluding hydrogens is 318 g/mol. The first-order chi connectivity index (χ1) is 12.1. The van der Waals surface area contributed by atoms with Crippen LogP contribution in [0.5, 0.6) is 0 Å². The predicted octanol–water partition coefficient (Wildman–Crippen LogP) is 0.873. The van der Waals surface area contributed by atoms with Gasteiger partial charge in [-0.25, -0.2) is 9.79 Å². The Labute approximate surface area is 147 Å². The fourth-order valence-corrected chi connectivity index (χ4v) is 3.83. The zero-order valence-corrected chi connectivity index (χ0v) is 14.4. The lowest BCUT2D eigenvalue weighted by molar-refractivity contribution is -0.127. The van der Waals surface area contributed by atoms with E-state index in [0.29, 0.717) is 6.54 Å². The maximum atomic E-state index is 12.5. The number of hydrogen-bond acceptors (Lipinski definition) is 5. The molecule has 0 spiro atoms. The number of amides is 3. The van der Waals surface area contributed by atoms with Crippen molar-refractivity contribution in [1.29, 1.82) is 0 Å². The molecule has 1 aromatic carbocycles. The lowest BCUT2D eigenvalue weighted by Crippen LogP contribution is -2.64. The zero-order chi connectivity index (χ0) is 17.4. The highest BCUT2D eigenvalue weighted by atomic mass is 16.2. The minimum atomic E-state index is -0.443. The number of carbonyl (C=O) groups is 2. The summed E-state index contributed by atoms with van der Waals surface area (Å²) in [6, 6.07) is 9.42. The number of fused-ring (bicyclic) bond motifs is 1. The Bertz CT molecular complexity index is 699. The second-order valence-corrected chi connectivity index (χ2v) is 6.82. The van der Waals surface area contributed by atoms with E-state index in [1.54, 1.807) is 7.05 Å². The third-order valence-electron chi connectivity index (χ3n) is 5.21. The first-order valence-electron chi connectivity index (χ1n) is 8.86. The molecule has 7 heteroatoms. The minimum absolute atomic E-state index is 0.251. The van der Waals surface area contributed by atoms with Gasteiger partial charge in [-0.15, -0.1) is 0 Å². The lowest BCUT2D eigenvalue weighted by Gasteiger charge is -2.37. The van der Waals surface area contributed by atoms with Crippen molar-refractivity contribution in [2.45, 2.75) is 31.5 Å². The Morgan fingerprint density at radius 1 is 1.16 bits per heavy atom. The van der Waals surface area contributed by atoms with Gasteiger partial charge in [0.1, 0.15) is 0 Å². The smallest absolute Gasteiger partial charge is 0.325 e. The van der Waals surface area contributed by atoms with E-state index in [1.807, 2.05) is 18.2 Å². The maximum Gasteiger partial charge on any atom is 0.325 e. The van der Waals surface area contributed by atoms with Gasteiger partial charge in [0.15, 0.2) is 18.2 Å². The summed E-state index contributed by atoms with van der Waals surface area (Å²) in [6.07, 6.45) is 2.68. The van der Waals surface area contributed by atoms with Crippen LogP contribution in [-0.2, 0) is 11.2 Å². The summed E-state index contributed by atoms with van der Waals surface area (Å²) >= 11 is 0.